The second kappa shape index (κ2) is 3.20. The molecule has 1 aliphatic rings. The predicted molar refractivity (Wildman–Crippen MR) is 52.9 cm³/mol. The third-order valence-electron chi connectivity index (χ3n) is 2.47. The maximum Gasteiger partial charge on any atom is 0.346 e. The topological polar surface area (TPSA) is 80.4 Å². The third kappa shape index (κ3) is 1.44. The zero-order valence-corrected chi connectivity index (χ0v) is 8.54. The maximum absolute atomic E-state index is 11.6. The fourth-order valence-electron chi connectivity index (χ4n) is 1.51. The minimum absolute atomic E-state index is 0.213. The molecule has 2 rings (SSSR count). The van der Waals surface area contributed by atoms with Gasteiger partial charge in [0.2, 0.25) is 5.82 Å². The van der Waals surface area contributed by atoms with Crippen LogP contribution >= 0.6 is 0 Å². The normalized spacial score (nSPS) is 16.6. The summed E-state index contributed by atoms with van der Waals surface area (Å²) in [6.45, 7) is 0.779. The van der Waals surface area contributed by atoms with Crippen LogP contribution in [0.1, 0.15) is 0 Å². The van der Waals surface area contributed by atoms with Gasteiger partial charge in [0.1, 0.15) is 0 Å². The highest BCUT2D eigenvalue weighted by Gasteiger charge is 2.28. The van der Waals surface area contributed by atoms with Crippen LogP contribution in [0.2, 0.25) is 0 Å². The number of aliphatic hydroxyl groups excluding tert-OH is 1. The molecule has 15 heavy (non-hydrogen) atoms. The van der Waals surface area contributed by atoms with Crippen molar-refractivity contribution < 1.29 is 5.11 Å². The minimum Gasteiger partial charge on any atom is -0.389 e. The van der Waals surface area contributed by atoms with Crippen molar-refractivity contribution in [2.45, 2.75) is 6.10 Å². The highest BCUT2D eigenvalue weighted by molar-refractivity contribution is 5.38. The number of nitrogens with zero attached hydrogens (tertiary/aromatic N) is 4. The zero-order valence-electron chi connectivity index (χ0n) is 8.54. The summed E-state index contributed by atoms with van der Waals surface area (Å²) in [5.74, 6) is 0.213. The Hall–Kier alpha value is -1.63. The van der Waals surface area contributed by atoms with E-state index in [0.29, 0.717) is 13.1 Å². The molecular formula is C8H12N4O3. The van der Waals surface area contributed by atoms with Gasteiger partial charge in [-0.2, -0.15) is 0 Å². The Morgan fingerprint density at radius 2 is 1.93 bits per heavy atom. The number of aryl methyl sites for hydroxylation is 1. The maximum atomic E-state index is 11.6. The second-order valence-corrected chi connectivity index (χ2v) is 3.65. The van der Waals surface area contributed by atoms with E-state index in [1.807, 2.05) is 0 Å². The number of β-amino-alcohol motifs (C(OH)–C–C–N with tert-alkyl or cyclic N) is 1. The van der Waals surface area contributed by atoms with Crippen LogP contribution < -0.4 is 16.1 Å². The lowest BCUT2D eigenvalue weighted by Crippen LogP contribution is -2.55. The van der Waals surface area contributed by atoms with Crippen molar-refractivity contribution in [3.8, 4) is 0 Å². The first kappa shape index (κ1) is 9.91. The van der Waals surface area contributed by atoms with Gasteiger partial charge < -0.3 is 10.0 Å². The quantitative estimate of drug-likeness (QED) is 0.564. The average Bonchev–Trinajstić information content (AvgIpc) is 2.16. The molecule has 0 spiro atoms. The Morgan fingerprint density at radius 1 is 1.33 bits per heavy atom. The molecule has 1 aliphatic heterocycles. The van der Waals surface area contributed by atoms with E-state index in [0.717, 1.165) is 9.25 Å². The van der Waals surface area contributed by atoms with Gasteiger partial charge in [0.15, 0.2) is 0 Å². The number of aliphatic hydroxyl groups is 1. The summed E-state index contributed by atoms with van der Waals surface area (Å²) in [7, 11) is 2.90. The van der Waals surface area contributed by atoms with Gasteiger partial charge >= 0.3 is 5.69 Å². The third-order valence-corrected chi connectivity index (χ3v) is 2.47. The molecular weight excluding hydrogens is 200 g/mol. The molecule has 1 aromatic heterocycles. The number of anilines is 1. The van der Waals surface area contributed by atoms with E-state index in [1.54, 1.807) is 4.90 Å². The highest BCUT2D eigenvalue weighted by Crippen LogP contribution is 2.12. The molecule has 0 radical (unpaired) electrons. The number of rotatable bonds is 1. The summed E-state index contributed by atoms with van der Waals surface area (Å²) < 4.78 is 2.12. The van der Waals surface area contributed by atoms with Gasteiger partial charge in [0.05, 0.1) is 6.10 Å². The molecule has 0 unspecified atom stereocenters. The molecule has 7 heteroatoms. The monoisotopic (exact) mass is 212 g/mol. The van der Waals surface area contributed by atoms with Crippen LogP contribution in [0.3, 0.4) is 0 Å². The predicted octanol–water partition coefficient (Wildman–Crippen LogP) is -2.34. The molecule has 0 bridgehead atoms. The van der Waals surface area contributed by atoms with Gasteiger partial charge in [-0.15, -0.1) is 5.10 Å². The minimum atomic E-state index is -0.454. The number of hydrogen-bond donors (Lipinski definition) is 1. The van der Waals surface area contributed by atoms with Crippen molar-refractivity contribution in [1.82, 2.24) is 14.3 Å². The van der Waals surface area contributed by atoms with Crippen LogP contribution in [-0.4, -0.2) is 38.6 Å². The zero-order chi connectivity index (χ0) is 11.2. The first-order valence-corrected chi connectivity index (χ1v) is 4.58. The van der Waals surface area contributed by atoms with Crippen molar-refractivity contribution in [2.24, 2.45) is 14.1 Å². The van der Waals surface area contributed by atoms with Crippen LogP contribution in [0.15, 0.2) is 9.59 Å². The molecule has 0 saturated carbocycles. The van der Waals surface area contributed by atoms with Gasteiger partial charge in [-0.05, 0) is 0 Å². The molecule has 1 fully saturated rings. The Morgan fingerprint density at radius 3 is 2.47 bits per heavy atom. The summed E-state index contributed by atoms with van der Waals surface area (Å²) in [6.07, 6.45) is -0.409. The van der Waals surface area contributed by atoms with E-state index < -0.39 is 17.4 Å². The lowest BCUT2D eigenvalue weighted by atomic mass is 10.2. The fraction of sp³-hybridized carbons (Fsp3) is 0.625. The first-order chi connectivity index (χ1) is 7.00. The summed E-state index contributed by atoms with van der Waals surface area (Å²) in [5.41, 5.74) is -0.880. The number of aromatic nitrogens is 3. The van der Waals surface area contributed by atoms with Gasteiger partial charge in [-0.1, -0.05) is 0 Å². The summed E-state index contributed by atoms with van der Waals surface area (Å²) in [4.78, 5) is 24.6. The van der Waals surface area contributed by atoms with Gasteiger partial charge in [0.25, 0.3) is 5.56 Å². The molecule has 82 valence electrons. The van der Waals surface area contributed by atoms with E-state index in [1.165, 1.54) is 14.1 Å². The van der Waals surface area contributed by atoms with Crippen LogP contribution in [0, 0.1) is 0 Å². The van der Waals surface area contributed by atoms with E-state index in [2.05, 4.69) is 5.10 Å². The van der Waals surface area contributed by atoms with E-state index in [-0.39, 0.29) is 5.82 Å². The lowest BCUT2D eigenvalue weighted by Gasteiger charge is -2.36. The molecule has 1 N–H and O–H groups in total. The molecule has 1 aromatic rings. The lowest BCUT2D eigenvalue weighted by molar-refractivity contribution is 0.140. The fourth-order valence-corrected chi connectivity index (χ4v) is 1.51. The van der Waals surface area contributed by atoms with Crippen LogP contribution in [0.25, 0.3) is 0 Å². The van der Waals surface area contributed by atoms with E-state index in [9.17, 15) is 9.59 Å². The van der Waals surface area contributed by atoms with Crippen molar-refractivity contribution in [1.29, 1.82) is 0 Å². The Labute approximate surface area is 85.2 Å². The van der Waals surface area contributed by atoms with Crippen molar-refractivity contribution in [3.05, 3.63) is 20.8 Å². The summed E-state index contributed by atoms with van der Waals surface area (Å²) in [5, 5.41) is 13.0. The highest BCUT2D eigenvalue weighted by atomic mass is 16.3. The Kier molecular flexibility index (Phi) is 2.11. The van der Waals surface area contributed by atoms with Crippen molar-refractivity contribution in [2.75, 3.05) is 18.0 Å². The van der Waals surface area contributed by atoms with Gasteiger partial charge in [0, 0.05) is 27.2 Å². The van der Waals surface area contributed by atoms with Crippen LogP contribution in [-0.2, 0) is 14.1 Å². The Bertz CT molecular complexity index is 498. The van der Waals surface area contributed by atoms with Gasteiger partial charge in [-0.25, -0.2) is 9.48 Å². The van der Waals surface area contributed by atoms with Gasteiger partial charge in [-0.3, -0.25) is 9.36 Å². The number of hydrogen-bond acceptors (Lipinski definition) is 5. The van der Waals surface area contributed by atoms with Crippen molar-refractivity contribution in [3.63, 3.8) is 0 Å². The van der Waals surface area contributed by atoms with E-state index in [4.69, 9.17) is 5.11 Å². The molecule has 2 heterocycles. The van der Waals surface area contributed by atoms with Crippen LogP contribution in [0.4, 0.5) is 5.82 Å². The molecule has 0 amide bonds. The standard InChI is InChI=1S/C8H12N4O3/c1-10-7(14)6(9-11(2)8(10)15)12-3-5(13)4-12/h5,13H,3-4H2,1-2H3. The first-order valence-electron chi connectivity index (χ1n) is 4.58. The summed E-state index contributed by atoms with van der Waals surface area (Å²) >= 11 is 0. The molecule has 0 atom stereocenters. The summed E-state index contributed by atoms with van der Waals surface area (Å²) in [6, 6.07) is 0. The largest absolute Gasteiger partial charge is 0.389 e. The van der Waals surface area contributed by atoms with Crippen molar-refractivity contribution >= 4 is 5.82 Å². The average molecular weight is 212 g/mol. The second-order valence-electron chi connectivity index (χ2n) is 3.65. The molecule has 7 nitrogen and oxygen atoms in total. The molecule has 0 aliphatic carbocycles. The van der Waals surface area contributed by atoms with Crippen LogP contribution in [0.5, 0.6) is 0 Å². The SMILES string of the molecule is Cn1nc(N2CC(O)C2)c(=O)n(C)c1=O. The molecule has 0 aromatic carbocycles. The Balaban J connectivity index is 2.50. The molecule has 1 saturated heterocycles. The van der Waals surface area contributed by atoms with E-state index >= 15 is 0 Å². The smallest absolute Gasteiger partial charge is 0.346 e.